The third kappa shape index (κ3) is 3.27. The van der Waals surface area contributed by atoms with E-state index in [0.717, 1.165) is 62.9 Å². The molecule has 2 aromatic heterocycles. The first-order chi connectivity index (χ1) is 14.6. The number of methoxy groups -OCH3 is 1. The second-order valence-corrected chi connectivity index (χ2v) is 7.65. The van der Waals surface area contributed by atoms with Gasteiger partial charge < -0.3 is 25.8 Å². The Morgan fingerprint density at radius 3 is 2.77 bits per heavy atom. The molecule has 2 fully saturated rings. The quantitative estimate of drug-likeness (QED) is 0.646. The Bertz CT molecular complexity index is 1060. The van der Waals surface area contributed by atoms with Gasteiger partial charge in [-0.25, -0.2) is 4.98 Å². The second kappa shape index (κ2) is 7.62. The third-order valence-electron chi connectivity index (χ3n) is 5.95. The van der Waals surface area contributed by atoms with Crippen LogP contribution in [0.1, 0.15) is 6.42 Å². The van der Waals surface area contributed by atoms with Crippen molar-refractivity contribution in [1.82, 2.24) is 24.4 Å². The number of nitrogens with two attached hydrogens (primary N) is 2. The number of morpholine rings is 1. The van der Waals surface area contributed by atoms with Gasteiger partial charge in [-0.05, 0) is 18.6 Å². The van der Waals surface area contributed by atoms with Crippen molar-refractivity contribution < 1.29 is 9.47 Å². The summed E-state index contributed by atoms with van der Waals surface area (Å²) in [4.78, 5) is 17.6. The van der Waals surface area contributed by atoms with Gasteiger partial charge in [-0.2, -0.15) is 9.97 Å². The Labute approximate surface area is 174 Å². The molecule has 1 atom stereocenters. The maximum atomic E-state index is 5.94. The van der Waals surface area contributed by atoms with Gasteiger partial charge in [0.15, 0.2) is 17.0 Å². The van der Waals surface area contributed by atoms with E-state index in [4.69, 9.17) is 20.9 Å². The molecule has 2 aliphatic heterocycles. The molecule has 0 aliphatic carbocycles. The van der Waals surface area contributed by atoms with E-state index >= 15 is 0 Å². The number of fused-ring (bicyclic) bond motifs is 1. The normalized spacial score (nSPS) is 20.2. The molecule has 4 N–H and O–H groups in total. The molecule has 1 aromatic carbocycles. The predicted molar refractivity (Wildman–Crippen MR) is 115 cm³/mol. The predicted octanol–water partition coefficient (Wildman–Crippen LogP) is 0.899. The zero-order valence-corrected chi connectivity index (χ0v) is 17.0. The summed E-state index contributed by atoms with van der Waals surface area (Å²) >= 11 is 0. The van der Waals surface area contributed by atoms with E-state index in [1.807, 2.05) is 10.6 Å². The molecule has 5 rings (SSSR count). The highest BCUT2D eigenvalue weighted by Crippen LogP contribution is 2.33. The van der Waals surface area contributed by atoms with Crippen LogP contribution in [-0.2, 0) is 4.74 Å². The number of aromatic nitrogens is 4. The summed E-state index contributed by atoms with van der Waals surface area (Å²) in [6.45, 7) is 5.73. The minimum atomic E-state index is 0.114. The largest absolute Gasteiger partial charge is 0.494 e. The van der Waals surface area contributed by atoms with Gasteiger partial charge in [-0.15, -0.1) is 0 Å². The SMILES string of the molecule is COc1cc(N2CCC(N3CCOCC3)C2)ccc1-n1cnc2c(N)nc(N)nc21. The molecule has 2 aliphatic rings. The van der Waals surface area contributed by atoms with E-state index in [1.54, 1.807) is 13.4 Å². The van der Waals surface area contributed by atoms with E-state index in [-0.39, 0.29) is 11.8 Å². The Hall–Kier alpha value is -3.11. The molecule has 30 heavy (non-hydrogen) atoms. The average Bonchev–Trinajstić information content (AvgIpc) is 3.42. The highest BCUT2D eigenvalue weighted by atomic mass is 16.5. The summed E-state index contributed by atoms with van der Waals surface area (Å²) in [6, 6.07) is 6.77. The number of imidazole rings is 1. The summed E-state index contributed by atoms with van der Waals surface area (Å²) in [5.74, 6) is 1.11. The summed E-state index contributed by atoms with van der Waals surface area (Å²) in [5.41, 5.74) is 14.8. The Balaban J connectivity index is 1.43. The van der Waals surface area contributed by atoms with Gasteiger partial charge in [0.2, 0.25) is 5.95 Å². The molecule has 3 aromatic rings. The Morgan fingerprint density at radius 2 is 1.97 bits per heavy atom. The monoisotopic (exact) mass is 410 g/mol. The minimum Gasteiger partial charge on any atom is -0.494 e. The van der Waals surface area contributed by atoms with Crippen LogP contribution in [0.25, 0.3) is 16.9 Å². The molecule has 2 saturated heterocycles. The van der Waals surface area contributed by atoms with Gasteiger partial charge in [0.25, 0.3) is 0 Å². The smallest absolute Gasteiger partial charge is 0.224 e. The van der Waals surface area contributed by atoms with Crippen molar-refractivity contribution in [3.8, 4) is 11.4 Å². The fraction of sp³-hybridized carbons (Fsp3) is 0.450. The summed E-state index contributed by atoms with van der Waals surface area (Å²) in [6.07, 6.45) is 2.82. The number of benzene rings is 1. The van der Waals surface area contributed by atoms with Gasteiger partial charge in [-0.1, -0.05) is 0 Å². The van der Waals surface area contributed by atoms with Crippen LogP contribution in [0.4, 0.5) is 17.5 Å². The number of rotatable bonds is 4. The molecule has 4 heterocycles. The van der Waals surface area contributed by atoms with E-state index in [0.29, 0.717) is 17.2 Å². The molecule has 0 radical (unpaired) electrons. The number of ether oxygens (including phenoxy) is 2. The molecular weight excluding hydrogens is 384 g/mol. The lowest BCUT2D eigenvalue weighted by atomic mass is 10.2. The van der Waals surface area contributed by atoms with Crippen LogP contribution in [0.2, 0.25) is 0 Å². The molecule has 10 heteroatoms. The summed E-state index contributed by atoms with van der Waals surface area (Å²) in [5, 5.41) is 0. The maximum Gasteiger partial charge on any atom is 0.224 e. The zero-order valence-electron chi connectivity index (χ0n) is 17.0. The van der Waals surface area contributed by atoms with Crippen LogP contribution in [0.5, 0.6) is 5.75 Å². The Kier molecular flexibility index (Phi) is 4.80. The van der Waals surface area contributed by atoms with Gasteiger partial charge >= 0.3 is 0 Å². The van der Waals surface area contributed by atoms with Gasteiger partial charge in [0.05, 0.1) is 26.0 Å². The number of hydrogen-bond donors (Lipinski definition) is 2. The molecule has 158 valence electrons. The van der Waals surface area contributed by atoms with Crippen molar-refractivity contribution in [3.05, 3.63) is 24.5 Å². The van der Waals surface area contributed by atoms with E-state index < -0.39 is 0 Å². The van der Waals surface area contributed by atoms with Crippen LogP contribution in [0.3, 0.4) is 0 Å². The van der Waals surface area contributed by atoms with Crippen molar-refractivity contribution in [2.75, 3.05) is 62.9 Å². The Morgan fingerprint density at radius 1 is 1.13 bits per heavy atom. The highest BCUT2D eigenvalue weighted by molar-refractivity contribution is 5.84. The number of nitrogen functional groups attached to an aromatic ring is 2. The molecule has 0 amide bonds. The van der Waals surface area contributed by atoms with Gasteiger partial charge in [0.1, 0.15) is 12.1 Å². The number of nitrogens with zero attached hydrogens (tertiary/aromatic N) is 6. The average molecular weight is 410 g/mol. The number of anilines is 3. The van der Waals surface area contributed by atoms with E-state index in [2.05, 4.69) is 36.9 Å². The van der Waals surface area contributed by atoms with Crippen molar-refractivity contribution in [1.29, 1.82) is 0 Å². The maximum absolute atomic E-state index is 5.94. The first kappa shape index (κ1) is 18.9. The van der Waals surface area contributed by atoms with E-state index in [1.165, 1.54) is 0 Å². The van der Waals surface area contributed by atoms with Crippen molar-refractivity contribution >= 4 is 28.6 Å². The summed E-state index contributed by atoms with van der Waals surface area (Å²) in [7, 11) is 1.67. The first-order valence-electron chi connectivity index (χ1n) is 10.1. The molecule has 0 spiro atoms. The fourth-order valence-corrected chi connectivity index (χ4v) is 4.39. The van der Waals surface area contributed by atoms with Crippen molar-refractivity contribution in [2.45, 2.75) is 12.5 Å². The zero-order chi connectivity index (χ0) is 20.7. The minimum absolute atomic E-state index is 0.114. The first-order valence-corrected chi connectivity index (χ1v) is 10.1. The second-order valence-electron chi connectivity index (χ2n) is 7.65. The molecule has 10 nitrogen and oxygen atoms in total. The fourth-order valence-electron chi connectivity index (χ4n) is 4.39. The number of hydrogen-bond acceptors (Lipinski definition) is 9. The lowest BCUT2D eigenvalue weighted by molar-refractivity contribution is 0.0209. The van der Waals surface area contributed by atoms with Gasteiger partial charge in [-0.3, -0.25) is 9.47 Å². The third-order valence-corrected chi connectivity index (χ3v) is 5.95. The van der Waals surface area contributed by atoms with Crippen molar-refractivity contribution in [3.63, 3.8) is 0 Å². The molecular formula is C20H26N8O2. The van der Waals surface area contributed by atoms with Gasteiger partial charge in [0, 0.05) is 44.0 Å². The molecule has 0 bridgehead atoms. The van der Waals surface area contributed by atoms with Crippen LogP contribution in [0.15, 0.2) is 24.5 Å². The standard InChI is InChI=1S/C20H26N8O2/c1-29-16-10-13(27-5-4-14(11-27)26-6-8-30-9-7-26)2-3-15(16)28-12-23-17-18(21)24-20(22)25-19(17)28/h2-3,10,12,14H,4-9,11H2,1H3,(H4,21,22,24,25). The van der Waals surface area contributed by atoms with Crippen molar-refractivity contribution in [2.24, 2.45) is 0 Å². The van der Waals surface area contributed by atoms with Crippen LogP contribution in [-0.4, -0.2) is 77.0 Å². The molecule has 1 unspecified atom stereocenters. The van der Waals surface area contributed by atoms with Crippen LogP contribution < -0.4 is 21.1 Å². The van der Waals surface area contributed by atoms with E-state index in [9.17, 15) is 0 Å². The van der Waals surface area contributed by atoms with Crippen LogP contribution >= 0.6 is 0 Å². The lowest BCUT2D eigenvalue weighted by Gasteiger charge is -2.32. The van der Waals surface area contributed by atoms with Crippen LogP contribution in [0, 0.1) is 0 Å². The topological polar surface area (TPSA) is 121 Å². The molecule has 0 saturated carbocycles. The highest BCUT2D eigenvalue weighted by Gasteiger charge is 2.29. The lowest BCUT2D eigenvalue weighted by Crippen LogP contribution is -2.44. The summed E-state index contributed by atoms with van der Waals surface area (Å²) < 4.78 is 13.0.